The summed E-state index contributed by atoms with van der Waals surface area (Å²) in [5.41, 5.74) is 2.34. The summed E-state index contributed by atoms with van der Waals surface area (Å²) in [7, 11) is 1.96. The topological polar surface area (TPSA) is 28.2 Å². The van der Waals surface area contributed by atoms with E-state index in [0.717, 1.165) is 24.8 Å². The lowest BCUT2D eigenvalue weighted by Gasteiger charge is -2.20. The maximum Gasteiger partial charge on any atom is 0.0547 e. The van der Waals surface area contributed by atoms with Crippen LogP contribution < -0.4 is 5.32 Å². The van der Waals surface area contributed by atoms with E-state index in [9.17, 15) is 0 Å². The van der Waals surface area contributed by atoms with Crippen LogP contribution in [-0.4, -0.2) is 29.5 Å². The molecule has 1 saturated carbocycles. The molecule has 0 spiro atoms. The maximum atomic E-state index is 4.69. The summed E-state index contributed by atoms with van der Waals surface area (Å²) in [5, 5.41) is 3.15. The number of nitrogens with zero attached hydrogens (tertiary/aromatic N) is 2. The Balaban J connectivity index is 1.97. The highest BCUT2D eigenvalue weighted by Crippen LogP contribution is 2.28. The van der Waals surface area contributed by atoms with Crippen molar-refractivity contribution in [2.45, 2.75) is 45.3 Å². The Morgan fingerprint density at radius 1 is 1.35 bits per heavy atom. The van der Waals surface area contributed by atoms with Crippen LogP contribution in [0, 0.1) is 0 Å². The first-order chi connectivity index (χ1) is 8.33. The van der Waals surface area contributed by atoms with E-state index in [1.54, 1.807) is 0 Å². The Hall–Kier alpha value is -0.930. The zero-order chi connectivity index (χ0) is 12.1. The van der Waals surface area contributed by atoms with Gasteiger partial charge in [-0.25, -0.2) is 0 Å². The minimum absolute atomic E-state index is 0.824. The Bertz CT molecular complexity index is 347. The van der Waals surface area contributed by atoms with Gasteiger partial charge in [0.25, 0.3) is 0 Å². The zero-order valence-electron chi connectivity index (χ0n) is 10.9. The lowest BCUT2D eigenvalue weighted by Crippen LogP contribution is -2.27. The van der Waals surface area contributed by atoms with Gasteiger partial charge in [-0.2, -0.15) is 0 Å². The van der Waals surface area contributed by atoms with Crippen molar-refractivity contribution in [1.29, 1.82) is 0 Å². The lowest BCUT2D eigenvalue weighted by molar-refractivity contribution is 0.252. The van der Waals surface area contributed by atoms with Gasteiger partial charge in [0.05, 0.1) is 11.4 Å². The molecule has 0 bridgehead atoms. The van der Waals surface area contributed by atoms with Gasteiger partial charge < -0.3 is 5.32 Å². The van der Waals surface area contributed by atoms with Gasteiger partial charge in [0.1, 0.15) is 0 Å². The second-order valence-electron chi connectivity index (χ2n) is 4.85. The van der Waals surface area contributed by atoms with E-state index in [2.05, 4.69) is 35.3 Å². The van der Waals surface area contributed by atoms with Crippen LogP contribution in [0.3, 0.4) is 0 Å². The number of aromatic nitrogens is 1. The van der Waals surface area contributed by atoms with Crippen LogP contribution in [0.1, 0.15) is 37.6 Å². The van der Waals surface area contributed by atoms with Crippen molar-refractivity contribution in [2.75, 3.05) is 13.6 Å². The van der Waals surface area contributed by atoms with Crippen LogP contribution in [0.15, 0.2) is 18.2 Å². The largest absolute Gasteiger partial charge is 0.314 e. The summed E-state index contributed by atoms with van der Waals surface area (Å²) >= 11 is 0. The summed E-state index contributed by atoms with van der Waals surface area (Å²) < 4.78 is 0. The molecule has 17 heavy (non-hydrogen) atoms. The predicted molar refractivity (Wildman–Crippen MR) is 70.7 cm³/mol. The molecule has 0 radical (unpaired) electrons. The summed E-state index contributed by atoms with van der Waals surface area (Å²) in [6, 6.07) is 7.17. The smallest absolute Gasteiger partial charge is 0.0547 e. The third kappa shape index (κ3) is 3.79. The summed E-state index contributed by atoms with van der Waals surface area (Å²) in [6.45, 7) is 5.31. The fourth-order valence-corrected chi connectivity index (χ4v) is 2.22. The highest BCUT2D eigenvalue weighted by molar-refractivity contribution is 5.11. The molecule has 0 saturated heterocycles. The van der Waals surface area contributed by atoms with E-state index in [4.69, 9.17) is 4.98 Å². The Morgan fingerprint density at radius 2 is 2.12 bits per heavy atom. The first-order valence-corrected chi connectivity index (χ1v) is 6.67. The fourth-order valence-electron chi connectivity index (χ4n) is 2.22. The van der Waals surface area contributed by atoms with Crippen LogP contribution in [0.2, 0.25) is 0 Å². The molecule has 3 heteroatoms. The zero-order valence-corrected chi connectivity index (χ0v) is 10.9. The van der Waals surface area contributed by atoms with Gasteiger partial charge in [-0.1, -0.05) is 13.0 Å². The van der Waals surface area contributed by atoms with E-state index >= 15 is 0 Å². The first kappa shape index (κ1) is 12.5. The average Bonchev–Trinajstić information content (AvgIpc) is 3.13. The molecule has 0 atom stereocenters. The molecule has 1 aliphatic carbocycles. The minimum Gasteiger partial charge on any atom is -0.314 e. The second kappa shape index (κ2) is 6.12. The van der Waals surface area contributed by atoms with Crippen LogP contribution in [0.25, 0.3) is 0 Å². The van der Waals surface area contributed by atoms with Gasteiger partial charge in [0.2, 0.25) is 0 Å². The SMILES string of the molecule is CCCN(Cc1cccc(CNC)n1)C1CC1. The Kier molecular flexibility index (Phi) is 4.51. The first-order valence-electron chi connectivity index (χ1n) is 6.67. The van der Waals surface area contributed by atoms with Crippen molar-refractivity contribution < 1.29 is 0 Å². The monoisotopic (exact) mass is 233 g/mol. The van der Waals surface area contributed by atoms with Crippen molar-refractivity contribution in [3.05, 3.63) is 29.6 Å². The van der Waals surface area contributed by atoms with Crippen molar-refractivity contribution >= 4 is 0 Å². The molecule has 1 fully saturated rings. The van der Waals surface area contributed by atoms with Crippen LogP contribution in [0.5, 0.6) is 0 Å². The van der Waals surface area contributed by atoms with Crippen LogP contribution in [-0.2, 0) is 13.1 Å². The molecule has 1 aromatic rings. The standard InChI is InChI=1S/C14H23N3/c1-3-9-17(14-7-8-14)11-13-6-4-5-12(16-13)10-15-2/h4-6,14-15H,3,7-11H2,1-2H3. The minimum atomic E-state index is 0.824. The quantitative estimate of drug-likeness (QED) is 0.782. The number of nitrogens with one attached hydrogen (secondary N) is 1. The molecule has 3 nitrogen and oxygen atoms in total. The molecule has 1 aliphatic rings. The van der Waals surface area contributed by atoms with Gasteiger partial charge in [-0.3, -0.25) is 9.88 Å². The Morgan fingerprint density at radius 3 is 2.76 bits per heavy atom. The molecule has 1 aromatic heterocycles. The second-order valence-corrected chi connectivity index (χ2v) is 4.85. The maximum absolute atomic E-state index is 4.69. The molecule has 94 valence electrons. The number of hydrogen-bond acceptors (Lipinski definition) is 3. The number of pyridine rings is 1. The number of hydrogen-bond donors (Lipinski definition) is 1. The molecule has 0 unspecified atom stereocenters. The van der Waals surface area contributed by atoms with Crippen LogP contribution >= 0.6 is 0 Å². The molecule has 0 amide bonds. The third-order valence-electron chi connectivity index (χ3n) is 3.16. The van der Waals surface area contributed by atoms with E-state index in [0.29, 0.717) is 0 Å². The van der Waals surface area contributed by atoms with E-state index in [1.807, 2.05) is 7.05 Å². The third-order valence-corrected chi connectivity index (χ3v) is 3.16. The van der Waals surface area contributed by atoms with Crippen molar-refractivity contribution in [3.8, 4) is 0 Å². The van der Waals surface area contributed by atoms with Gasteiger partial charge in [-0.15, -0.1) is 0 Å². The van der Waals surface area contributed by atoms with Crippen molar-refractivity contribution in [3.63, 3.8) is 0 Å². The highest BCUT2D eigenvalue weighted by Gasteiger charge is 2.28. The van der Waals surface area contributed by atoms with Crippen molar-refractivity contribution in [1.82, 2.24) is 15.2 Å². The normalized spacial score (nSPS) is 15.5. The highest BCUT2D eigenvalue weighted by atomic mass is 15.2. The molecular weight excluding hydrogens is 210 g/mol. The van der Waals surface area contributed by atoms with Crippen LogP contribution in [0.4, 0.5) is 0 Å². The molecule has 2 rings (SSSR count). The molecule has 0 aliphatic heterocycles. The average molecular weight is 233 g/mol. The fraction of sp³-hybridized carbons (Fsp3) is 0.643. The summed E-state index contributed by atoms with van der Waals surface area (Å²) in [6.07, 6.45) is 3.97. The Labute approximate surface area is 104 Å². The molecule has 0 aromatic carbocycles. The van der Waals surface area contributed by atoms with E-state index in [1.165, 1.54) is 31.5 Å². The number of rotatable bonds is 7. The van der Waals surface area contributed by atoms with Crippen molar-refractivity contribution in [2.24, 2.45) is 0 Å². The van der Waals surface area contributed by atoms with Gasteiger partial charge >= 0.3 is 0 Å². The summed E-state index contributed by atoms with van der Waals surface area (Å²) in [4.78, 5) is 7.27. The van der Waals surface area contributed by atoms with E-state index < -0.39 is 0 Å². The molecule has 1 N–H and O–H groups in total. The van der Waals surface area contributed by atoms with Gasteiger partial charge in [0, 0.05) is 19.1 Å². The van der Waals surface area contributed by atoms with E-state index in [-0.39, 0.29) is 0 Å². The lowest BCUT2D eigenvalue weighted by atomic mass is 10.2. The predicted octanol–water partition coefficient (Wildman–Crippen LogP) is 2.18. The molecule has 1 heterocycles. The molecular formula is C14H23N3. The van der Waals surface area contributed by atoms with Gasteiger partial charge in [0.15, 0.2) is 0 Å². The summed E-state index contributed by atoms with van der Waals surface area (Å²) in [5.74, 6) is 0. The van der Waals surface area contributed by atoms with Gasteiger partial charge in [-0.05, 0) is 45.0 Å².